The van der Waals surface area contributed by atoms with Crippen LogP contribution in [0.2, 0.25) is 5.02 Å². The minimum atomic E-state index is -0.878. The number of amides is 1. The fourth-order valence-electron chi connectivity index (χ4n) is 0.985. The molecule has 0 fully saturated rings. The topological polar surface area (TPSA) is 64.6 Å². The molecule has 0 atom stereocenters. The highest BCUT2D eigenvalue weighted by atomic mass is 35.5. The van der Waals surface area contributed by atoms with Crippen LogP contribution in [-0.2, 0) is 14.4 Å². The number of methoxy groups -OCH3 is 1. The van der Waals surface area contributed by atoms with Gasteiger partial charge in [-0.2, -0.15) is 0 Å². The first-order chi connectivity index (χ1) is 8.06. The second kappa shape index (κ2) is 6.17. The van der Waals surface area contributed by atoms with Crippen LogP contribution in [0.4, 0.5) is 4.39 Å². The Balaban J connectivity index is 2.61. The predicted molar refractivity (Wildman–Crippen MR) is 56.8 cm³/mol. The zero-order valence-corrected chi connectivity index (χ0v) is 9.58. The molecule has 0 aromatic heterocycles. The SMILES string of the molecule is COC(=O)CONC(=O)c1c(F)cccc1Cl. The second-order valence-electron chi connectivity index (χ2n) is 2.89. The molecule has 0 saturated heterocycles. The summed E-state index contributed by atoms with van der Waals surface area (Å²) < 4.78 is 17.5. The molecule has 1 aromatic carbocycles. The van der Waals surface area contributed by atoms with Crippen LogP contribution in [0.25, 0.3) is 0 Å². The largest absolute Gasteiger partial charge is 0.467 e. The Kier molecular flexibility index (Phi) is 4.86. The lowest BCUT2D eigenvalue weighted by molar-refractivity contribution is -0.147. The molecule has 1 N–H and O–H groups in total. The normalized spacial score (nSPS) is 9.82. The molecule has 0 aliphatic rings. The van der Waals surface area contributed by atoms with E-state index >= 15 is 0 Å². The number of carbonyl (C=O) groups excluding carboxylic acids is 2. The highest BCUT2D eigenvalue weighted by molar-refractivity contribution is 6.33. The van der Waals surface area contributed by atoms with E-state index in [9.17, 15) is 14.0 Å². The van der Waals surface area contributed by atoms with Gasteiger partial charge in [-0.05, 0) is 12.1 Å². The van der Waals surface area contributed by atoms with Crippen molar-refractivity contribution in [2.75, 3.05) is 13.7 Å². The summed E-state index contributed by atoms with van der Waals surface area (Å²) in [5.41, 5.74) is 1.53. The van der Waals surface area contributed by atoms with Crippen LogP contribution in [0.5, 0.6) is 0 Å². The van der Waals surface area contributed by atoms with Gasteiger partial charge in [-0.1, -0.05) is 17.7 Å². The Morgan fingerprint density at radius 3 is 2.76 bits per heavy atom. The van der Waals surface area contributed by atoms with Gasteiger partial charge in [-0.25, -0.2) is 14.7 Å². The number of rotatable bonds is 4. The third-order valence-corrected chi connectivity index (χ3v) is 2.09. The van der Waals surface area contributed by atoms with Gasteiger partial charge in [0.25, 0.3) is 5.91 Å². The highest BCUT2D eigenvalue weighted by Crippen LogP contribution is 2.18. The van der Waals surface area contributed by atoms with E-state index in [1.807, 2.05) is 5.48 Å². The van der Waals surface area contributed by atoms with Crippen molar-refractivity contribution < 1.29 is 23.6 Å². The molecule has 0 spiro atoms. The average Bonchev–Trinajstić information content (AvgIpc) is 2.28. The molecular formula is C10H9ClFNO4. The van der Waals surface area contributed by atoms with Gasteiger partial charge in [-0.15, -0.1) is 0 Å². The molecule has 1 amide bonds. The molecular weight excluding hydrogens is 253 g/mol. The number of nitrogens with one attached hydrogen (secondary N) is 1. The molecule has 0 aliphatic carbocycles. The van der Waals surface area contributed by atoms with Gasteiger partial charge in [-0.3, -0.25) is 9.63 Å². The average molecular weight is 262 g/mol. The van der Waals surface area contributed by atoms with E-state index in [-0.39, 0.29) is 10.6 Å². The zero-order chi connectivity index (χ0) is 12.8. The summed E-state index contributed by atoms with van der Waals surface area (Å²) in [5, 5.41) is -0.0517. The first-order valence-electron chi connectivity index (χ1n) is 4.49. The minimum absolute atomic E-state index is 0.0517. The number of esters is 1. The van der Waals surface area contributed by atoms with Gasteiger partial charge in [0.05, 0.1) is 17.7 Å². The maximum absolute atomic E-state index is 13.3. The van der Waals surface area contributed by atoms with E-state index in [1.165, 1.54) is 19.2 Å². The van der Waals surface area contributed by atoms with Crippen molar-refractivity contribution in [1.29, 1.82) is 0 Å². The Morgan fingerprint density at radius 2 is 2.18 bits per heavy atom. The number of hydrogen-bond donors (Lipinski definition) is 1. The number of hydroxylamine groups is 1. The van der Waals surface area contributed by atoms with Crippen LogP contribution in [0.1, 0.15) is 10.4 Å². The van der Waals surface area contributed by atoms with Crippen LogP contribution < -0.4 is 5.48 Å². The lowest BCUT2D eigenvalue weighted by Crippen LogP contribution is -2.28. The second-order valence-corrected chi connectivity index (χ2v) is 3.30. The van der Waals surface area contributed by atoms with E-state index in [1.54, 1.807) is 0 Å². The fraction of sp³-hybridized carbons (Fsp3) is 0.200. The van der Waals surface area contributed by atoms with Crippen LogP contribution in [0.15, 0.2) is 18.2 Å². The maximum atomic E-state index is 13.3. The summed E-state index contributed by atoms with van der Waals surface area (Å²) in [7, 11) is 1.17. The third-order valence-electron chi connectivity index (χ3n) is 1.77. The van der Waals surface area contributed by atoms with E-state index < -0.39 is 24.3 Å². The van der Waals surface area contributed by atoms with E-state index in [2.05, 4.69) is 9.57 Å². The molecule has 1 aromatic rings. The summed E-state index contributed by atoms with van der Waals surface area (Å²) in [4.78, 5) is 26.6. The zero-order valence-electron chi connectivity index (χ0n) is 8.83. The van der Waals surface area contributed by atoms with Gasteiger partial charge in [0.2, 0.25) is 0 Å². The standard InChI is InChI=1S/C10H9ClFNO4/c1-16-8(14)5-17-13-10(15)9-6(11)3-2-4-7(9)12/h2-4H,5H2,1H3,(H,13,15). The van der Waals surface area contributed by atoms with Crippen molar-refractivity contribution >= 4 is 23.5 Å². The van der Waals surface area contributed by atoms with Crippen molar-refractivity contribution in [3.63, 3.8) is 0 Å². The van der Waals surface area contributed by atoms with Gasteiger partial charge in [0.15, 0.2) is 6.61 Å². The summed E-state index contributed by atoms with van der Waals surface area (Å²) in [6, 6.07) is 3.81. The lowest BCUT2D eigenvalue weighted by Gasteiger charge is -2.06. The lowest BCUT2D eigenvalue weighted by atomic mass is 10.2. The third kappa shape index (κ3) is 3.69. The molecule has 0 saturated carbocycles. The summed E-state index contributed by atoms with van der Waals surface area (Å²) in [6.07, 6.45) is 0. The Bertz CT molecular complexity index is 418. The summed E-state index contributed by atoms with van der Waals surface area (Å²) in [6.45, 7) is -0.478. The number of hydrogen-bond acceptors (Lipinski definition) is 4. The summed E-state index contributed by atoms with van der Waals surface area (Å²) in [5.74, 6) is -2.33. The van der Waals surface area contributed by atoms with Crippen molar-refractivity contribution in [3.8, 4) is 0 Å². The Labute approximate surface area is 101 Å². The predicted octanol–water partition coefficient (Wildman–Crippen LogP) is 1.31. The molecule has 17 heavy (non-hydrogen) atoms. The smallest absolute Gasteiger partial charge is 0.334 e. The molecule has 5 nitrogen and oxygen atoms in total. The first-order valence-corrected chi connectivity index (χ1v) is 4.87. The van der Waals surface area contributed by atoms with Gasteiger partial charge < -0.3 is 4.74 Å². The Hall–Kier alpha value is -1.66. The first kappa shape index (κ1) is 13.4. The molecule has 0 bridgehead atoms. The van der Waals surface area contributed by atoms with Crippen LogP contribution >= 0.6 is 11.6 Å². The Morgan fingerprint density at radius 1 is 1.47 bits per heavy atom. The molecule has 0 radical (unpaired) electrons. The molecule has 7 heteroatoms. The number of benzene rings is 1. The minimum Gasteiger partial charge on any atom is -0.467 e. The van der Waals surface area contributed by atoms with Gasteiger partial charge >= 0.3 is 5.97 Å². The van der Waals surface area contributed by atoms with Crippen LogP contribution in [0, 0.1) is 5.82 Å². The van der Waals surface area contributed by atoms with Gasteiger partial charge in [0, 0.05) is 0 Å². The van der Waals surface area contributed by atoms with Crippen molar-refractivity contribution in [1.82, 2.24) is 5.48 Å². The van der Waals surface area contributed by atoms with Crippen LogP contribution in [0.3, 0.4) is 0 Å². The molecule has 0 aliphatic heterocycles. The van der Waals surface area contributed by atoms with E-state index in [0.717, 1.165) is 6.07 Å². The number of carbonyl (C=O) groups is 2. The van der Waals surface area contributed by atoms with Gasteiger partial charge in [0.1, 0.15) is 5.82 Å². The van der Waals surface area contributed by atoms with Crippen LogP contribution in [-0.4, -0.2) is 25.6 Å². The monoisotopic (exact) mass is 261 g/mol. The maximum Gasteiger partial charge on any atom is 0.334 e. The highest BCUT2D eigenvalue weighted by Gasteiger charge is 2.16. The fourth-order valence-corrected chi connectivity index (χ4v) is 1.23. The van der Waals surface area contributed by atoms with E-state index in [4.69, 9.17) is 11.6 Å². The van der Waals surface area contributed by atoms with Crippen molar-refractivity contribution in [2.24, 2.45) is 0 Å². The van der Waals surface area contributed by atoms with Crippen molar-refractivity contribution in [2.45, 2.75) is 0 Å². The van der Waals surface area contributed by atoms with Crippen molar-refractivity contribution in [3.05, 3.63) is 34.6 Å². The quantitative estimate of drug-likeness (QED) is 0.656. The number of ether oxygens (including phenoxy) is 1. The van der Waals surface area contributed by atoms with E-state index in [0.29, 0.717) is 0 Å². The molecule has 92 valence electrons. The molecule has 0 heterocycles. The molecule has 0 unspecified atom stereocenters. The molecule has 1 rings (SSSR count). The number of halogens is 2. The summed E-state index contributed by atoms with van der Waals surface area (Å²) >= 11 is 5.65.